The molecule has 0 aliphatic heterocycles. The van der Waals surface area contributed by atoms with Crippen LogP contribution in [-0.4, -0.2) is 205 Å². The van der Waals surface area contributed by atoms with Crippen molar-refractivity contribution in [2.75, 3.05) is 31.6 Å². The molecule has 6 rings (SSSR count). The number of thioether (sulfide) groups is 1. The Morgan fingerprint density at radius 2 is 1.02 bits per heavy atom. The number of nitrogens with zero attached hydrogens (tertiary/aromatic N) is 1. The van der Waals surface area contributed by atoms with E-state index in [1.807, 2.05) is 0 Å². The van der Waals surface area contributed by atoms with Crippen molar-refractivity contribution in [3.8, 4) is 5.75 Å². The molecular weight excluding hydrogens is 1390 g/mol. The van der Waals surface area contributed by atoms with Crippen LogP contribution in [-0.2, 0) is 94.4 Å². The third-order valence-corrected chi connectivity index (χ3v) is 17.3. The van der Waals surface area contributed by atoms with Crippen LogP contribution in [0.1, 0.15) is 74.4 Å². The highest BCUT2D eigenvalue weighted by atomic mass is 32.2. The molecule has 106 heavy (non-hydrogen) atoms. The van der Waals surface area contributed by atoms with Gasteiger partial charge in [-0.25, -0.2) is 4.98 Å². The molecule has 35 heteroatoms. The highest BCUT2D eigenvalue weighted by molar-refractivity contribution is 7.98. The van der Waals surface area contributed by atoms with Crippen LogP contribution in [0.25, 0.3) is 10.9 Å². The van der Waals surface area contributed by atoms with Crippen LogP contribution >= 0.6 is 11.8 Å². The highest BCUT2D eigenvalue weighted by Crippen LogP contribution is 2.20. The SMILES string of the molecule is CSCC[C@H](NC(=O)[C@@H](NC(=O)[C@@H](N)Cc1ccc(O)cc1)C(C)C)C(=O)NCC(=O)N[C@@H](Cc1c[nH]cn1)C(=O)N[C@@H](Cc1ccccc1)C(=O)N[C@@H](C)C(=O)N[C@@H](Cc1c[nH]c2ccccc12)C(=O)N[C@@H](CC(=O)O)C(=O)N[C@@H](CCCNC(=N)N)C(=O)N[C@@H](Cc1ccccc1)C(=O)NCC(=O)O. The van der Waals surface area contributed by atoms with Gasteiger partial charge in [-0.05, 0) is 91.0 Å². The Labute approximate surface area is 614 Å². The molecule has 0 spiro atoms. The fourth-order valence-corrected chi connectivity index (χ4v) is 11.4. The molecule has 10 atom stereocenters. The van der Waals surface area contributed by atoms with E-state index in [-0.39, 0.29) is 63.7 Å². The number of carbonyl (C=O) groups excluding carboxylic acids is 11. The van der Waals surface area contributed by atoms with Gasteiger partial charge in [-0.3, -0.25) is 67.7 Å². The number of carboxylic acids is 2. The number of guanidine groups is 1. The van der Waals surface area contributed by atoms with Gasteiger partial charge in [0.05, 0.1) is 31.0 Å². The van der Waals surface area contributed by atoms with Crippen LogP contribution < -0.4 is 75.3 Å². The van der Waals surface area contributed by atoms with Gasteiger partial charge in [0.15, 0.2) is 5.96 Å². The minimum Gasteiger partial charge on any atom is -0.508 e. The maximum Gasteiger partial charge on any atom is 0.322 e. The zero-order valence-electron chi connectivity index (χ0n) is 58.8. The number of imidazole rings is 1. The lowest BCUT2D eigenvalue weighted by Gasteiger charge is -2.27. The Bertz CT molecular complexity index is 4000. The van der Waals surface area contributed by atoms with E-state index < -0.39 is 169 Å². The van der Waals surface area contributed by atoms with Crippen molar-refractivity contribution in [1.82, 2.24) is 78.8 Å². The van der Waals surface area contributed by atoms with Crippen molar-refractivity contribution in [3.63, 3.8) is 0 Å². The number of aromatic nitrogens is 3. The number of aromatic hydroxyl groups is 1. The predicted molar refractivity (Wildman–Crippen MR) is 390 cm³/mol. The van der Waals surface area contributed by atoms with E-state index in [1.54, 1.807) is 123 Å². The summed E-state index contributed by atoms with van der Waals surface area (Å²) in [5, 5.41) is 67.9. The molecule has 568 valence electrons. The largest absolute Gasteiger partial charge is 0.508 e. The Kier molecular flexibility index (Phi) is 32.9. The van der Waals surface area contributed by atoms with E-state index in [0.29, 0.717) is 44.6 Å². The van der Waals surface area contributed by atoms with Crippen LogP contribution in [0.3, 0.4) is 0 Å². The predicted octanol–water partition coefficient (Wildman–Crippen LogP) is -1.72. The first-order valence-electron chi connectivity index (χ1n) is 34.0. The number of aliphatic carboxylic acids is 2. The third-order valence-electron chi connectivity index (χ3n) is 16.6. The van der Waals surface area contributed by atoms with Gasteiger partial charge in [0.25, 0.3) is 0 Å². The minimum atomic E-state index is -1.96. The van der Waals surface area contributed by atoms with Crippen molar-refractivity contribution >= 4 is 106 Å². The second-order valence-electron chi connectivity index (χ2n) is 25.3. The summed E-state index contributed by atoms with van der Waals surface area (Å²) in [6.45, 7) is 3.15. The lowest BCUT2D eigenvalue weighted by molar-refractivity contribution is -0.141. The number of amides is 11. The second-order valence-corrected chi connectivity index (χ2v) is 26.3. The lowest BCUT2D eigenvalue weighted by Crippen LogP contribution is -2.60. The first kappa shape index (κ1) is 83.1. The number of H-pyrrole nitrogens is 2. The van der Waals surface area contributed by atoms with E-state index in [9.17, 15) is 77.6 Å². The summed E-state index contributed by atoms with van der Waals surface area (Å²) < 4.78 is 0. The molecular formula is C71H92N18O16S. The van der Waals surface area contributed by atoms with Gasteiger partial charge >= 0.3 is 11.9 Å². The Morgan fingerprint density at radius 1 is 0.509 bits per heavy atom. The van der Waals surface area contributed by atoms with E-state index in [2.05, 4.69) is 78.8 Å². The molecule has 2 heterocycles. The summed E-state index contributed by atoms with van der Waals surface area (Å²) in [5.41, 5.74) is 14.8. The number of fused-ring (bicyclic) bond motifs is 1. The topological polar surface area (TPSA) is 547 Å². The molecule has 0 saturated heterocycles. The van der Waals surface area contributed by atoms with Crippen molar-refractivity contribution in [2.45, 2.75) is 139 Å². The number of hydrogen-bond acceptors (Lipinski definition) is 18. The Morgan fingerprint density at radius 3 is 1.61 bits per heavy atom. The summed E-state index contributed by atoms with van der Waals surface area (Å²) in [6, 6.07) is 15.4. The third kappa shape index (κ3) is 27.7. The van der Waals surface area contributed by atoms with Gasteiger partial charge in [-0.2, -0.15) is 11.8 Å². The molecule has 4 aromatic carbocycles. The van der Waals surface area contributed by atoms with E-state index in [4.69, 9.17) is 16.9 Å². The maximum atomic E-state index is 14.7. The quantitative estimate of drug-likeness (QED) is 0.0115. The van der Waals surface area contributed by atoms with E-state index in [0.717, 1.165) is 0 Å². The zero-order valence-corrected chi connectivity index (χ0v) is 59.6. The monoisotopic (exact) mass is 1480 g/mol. The Balaban J connectivity index is 1.18. The van der Waals surface area contributed by atoms with Gasteiger partial charge in [0.1, 0.15) is 66.7 Å². The zero-order chi connectivity index (χ0) is 77.4. The number of aromatic amines is 2. The molecule has 34 nitrogen and oxygen atoms in total. The summed E-state index contributed by atoms with van der Waals surface area (Å²) >= 11 is 1.38. The molecule has 2 aromatic heterocycles. The van der Waals surface area contributed by atoms with Crippen molar-refractivity contribution in [2.24, 2.45) is 17.4 Å². The first-order valence-corrected chi connectivity index (χ1v) is 35.4. The average Bonchev–Trinajstić information content (AvgIpc) is 1.66. The molecule has 11 amide bonds. The lowest BCUT2D eigenvalue weighted by atomic mass is 10.0. The molecule has 0 aliphatic carbocycles. The number of hydrogen-bond donors (Lipinski definition) is 20. The van der Waals surface area contributed by atoms with Crippen molar-refractivity contribution in [1.29, 1.82) is 5.41 Å². The first-order chi connectivity index (χ1) is 50.6. The molecule has 22 N–H and O–H groups in total. The van der Waals surface area contributed by atoms with Crippen LogP contribution in [0, 0.1) is 11.3 Å². The molecule has 0 unspecified atom stereocenters. The summed E-state index contributed by atoms with van der Waals surface area (Å²) in [4.78, 5) is 189. The van der Waals surface area contributed by atoms with Crippen LogP contribution in [0.15, 0.2) is 128 Å². The standard InChI is InChI=1S/C71H92N18O16S/c1-39(2)60(89-62(97)48(72)28-43-21-23-46(90)24-22-43)70(105)84-51(25-27-106-4)63(98)78-36-57(91)82-55(32-45-35-75-38-80-45)68(103)87-53(30-42-16-9-6-10-17-42)66(101)81-40(3)61(96)85-54(31-44-34-77-49-19-12-11-18-47(44)49)67(102)88-56(33-58(92)93)69(104)83-50(20-13-26-76-71(73)74)65(100)86-52(64(99)79-37-59(94)95)29-41-14-7-5-8-15-41/h5-12,14-19,21-24,34-35,38-40,48,50-56,60,77,90H,13,20,25-33,36-37,72H2,1-4H3,(H,75,80)(H,78,98)(H,79,99)(H,81,101)(H,82,91)(H,83,104)(H,84,105)(H,85,96)(H,86,100)(H,87,103)(H,88,102)(H,89,97)(H,92,93)(H,94,95)(H4,73,74,76)/t40-,48-,50-,51-,52-,53-,54-,55-,56-,60-/m0/s1. The maximum absolute atomic E-state index is 14.7. The number of phenolic OH excluding ortho intramolecular Hbond substituents is 1. The average molecular weight is 1490 g/mol. The number of nitrogens with one attached hydrogen (secondary N) is 15. The number of nitrogens with two attached hydrogens (primary N) is 2. The van der Waals surface area contributed by atoms with Crippen LogP contribution in [0.2, 0.25) is 0 Å². The molecule has 0 saturated carbocycles. The van der Waals surface area contributed by atoms with Crippen LogP contribution in [0.4, 0.5) is 0 Å². The molecule has 0 radical (unpaired) electrons. The van der Waals surface area contributed by atoms with Crippen molar-refractivity contribution in [3.05, 3.63) is 156 Å². The number of carbonyl (C=O) groups is 13. The van der Waals surface area contributed by atoms with Gasteiger partial charge < -0.3 is 101 Å². The molecule has 0 fully saturated rings. The van der Waals surface area contributed by atoms with Gasteiger partial charge in [-0.1, -0.05) is 105 Å². The normalized spacial score (nSPS) is 13.9. The van der Waals surface area contributed by atoms with Crippen molar-refractivity contribution < 1.29 is 77.6 Å². The molecule has 0 bridgehead atoms. The fourth-order valence-electron chi connectivity index (χ4n) is 11.0. The highest BCUT2D eigenvalue weighted by Gasteiger charge is 2.37. The van der Waals surface area contributed by atoms with E-state index >= 15 is 0 Å². The number of rotatable bonds is 43. The Hall–Kier alpha value is -11.9. The number of phenols is 1. The molecule has 0 aliphatic rings. The van der Waals surface area contributed by atoms with Gasteiger partial charge in [0, 0.05) is 55.5 Å². The minimum absolute atomic E-state index is 0.00583. The number of para-hydroxylation sites is 1. The van der Waals surface area contributed by atoms with E-state index in [1.165, 1.54) is 43.3 Å². The second kappa shape index (κ2) is 42.0. The number of benzene rings is 4. The molecule has 6 aromatic rings. The number of carboxylic acid groups (broad SMARTS) is 2. The summed E-state index contributed by atoms with van der Waals surface area (Å²) in [5.74, 6) is -13.4. The van der Waals surface area contributed by atoms with Gasteiger partial charge in [-0.15, -0.1) is 0 Å². The van der Waals surface area contributed by atoms with Crippen LogP contribution in [0.5, 0.6) is 5.75 Å². The van der Waals surface area contributed by atoms with Gasteiger partial charge in [0.2, 0.25) is 65.0 Å². The summed E-state index contributed by atoms with van der Waals surface area (Å²) in [7, 11) is 0. The summed E-state index contributed by atoms with van der Waals surface area (Å²) in [6.07, 6.45) is 4.22. The fraction of sp³-hybridized carbons (Fsp3) is 0.394. The smallest absolute Gasteiger partial charge is 0.322 e.